The number of hydrogen-bond donors (Lipinski definition) is 3. The van der Waals surface area contributed by atoms with Crippen molar-refractivity contribution in [2.45, 2.75) is 19.4 Å². The van der Waals surface area contributed by atoms with E-state index in [1.165, 1.54) is 5.56 Å². The summed E-state index contributed by atoms with van der Waals surface area (Å²) in [4.78, 5) is 0. The molecule has 5 nitrogen and oxygen atoms in total. The average Bonchev–Trinajstić information content (AvgIpc) is 2.85. The molecule has 84 valence electrons. The zero-order valence-electron chi connectivity index (χ0n) is 9.14. The Balaban J connectivity index is 2.27. The summed E-state index contributed by atoms with van der Waals surface area (Å²) in [5, 5.41) is 10.4. The van der Waals surface area contributed by atoms with Crippen molar-refractivity contribution in [3.63, 3.8) is 0 Å². The van der Waals surface area contributed by atoms with E-state index in [0.717, 1.165) is 17.7 Å². The highest BCUT2D eigenvalue weighted by molar-refractivity contribution is 5.29. The molecule has 1 unspecified atom stereocenters. The molecule has 0 bridgehead atoms. The molecule has 0 saturated heterocycles. The lowest BCUT2D eigenvalue weighted by molar-refractivity contribution is 0.618. The van der Waals surface area contributed by atoms with Crippen molar-refractivity contribution in [3.05, 3.63) is 47.3 Å². The zero-order valence-corrected chi connectivity index (χ0v) is 9.14. The number of aryl methyl sites for hydroxylation is 1. The van der Waals surface area contributed by atoms with Crippen LogP contribution in [0.1, 0.15) is 29.8 Å². The maximum absolute atomic E-state index is 5.53. The van der Waals surface area contributed by atoms with Gasteiger partial charge in [0.25, 0.3) is 0 Å². The topological polar surface area (TPSA) is 79.6 Å². The molecule has 0 aliphatic heterocycles. The number of aromatic nitrogens is 3. The molecule has 2 aromatic rings. The van der Waals surface area contributed by atoms with Gasteiger partial charge in [-0.25, -0.2) is 5.43 Å². The maximum Gasteiger partial charge on any atom is 0.105 e. The van der Waals surface area contributed by atoms with E-state index in [9.17, 15) is 0 Å². The summed E-state index contributed by atoms with van der Waals surface area (Å²) in [6.45, 7) is 2.13. The maximum atomic E-state index is 5.53. The largest absolute Gasteiger partial charge is 0.271 e. The van der Waals surface area contributed by atoms with Gasteiger partial charge in [0, 0.05) is 0 Å². The minimum absolute atomic E-state index is 0.121. The fourth-order valence-electron chi connectivity index (χ4n) is 1.65. The molecule has 0 radical (unpaired) electrons. The molecular formula is C11H15N5. The Morgan fingerprint density at radius 3 is 2.62 bits per heavy atom. The van der Waals surface area contributed by atoms with Crippen molar-refractivity contribution in [2.75, 3.05) is 0 Å². The first-order chi connectivity index (χ1) is 7.85. The number of nitrogens with two attached hydrogens (primary N) is 1. The van der Waals surface area contributed by atoms with Gasteiger partial charge in [-0.1, -0.05) is 31.2 Å². The molecular weight excluding hydrogens is 202 g/mol. The van der Waals surface area contributed by atoms with E-state index in [1.54, 1.807) is 6.20 Å². The number of hydrazine groups is 1. The predicted octanol–water partition coefficient (Wildman–Crippen LogP) is 0.920. The number of aromatic amines is 1. The molecule has 1 atom stereocenters. The average molecular weight is 217 g/mol. The van der Waals surface area contributed by atoms with E-state index in [0.29, 0.717) is 0 Å². The van der Waals surface area contributed by atoms with Gasteiger partial charge in [-0.2, -0.15) is 15.4 Å². The standard InChI is InChI=1S/C11H15N5/c1-2-8-3-5-9(6-4-8)11(14-12)10-7-13-16-15-10/h3-7,11,14H,2,12H2,1H3,(H,13,15,16). The van der Waals surface area contributed by atoms with Crippen LogP contribution in [0.4, 0.5) is 0 Å². The Kier molecular flexibility index (Phi) is 3.28. The van der Waals surface area contributed by atoms with Crippen LogP contribution in [0.2, 0.25) is 0 Å². The van der Waals surface area contributed by atoms with Gasteiger partial charge in [0.2, 0.25) is 0 Å². The highest BCUT2D eigenvalue weighted by Gasteiger charge is 2.14. The number of benzene rings is 1. The van der Waals surface area contributed by atoms with Gasteiger partial charge in [-0.15, -0.1) is 0 Å². The van der Waals surface area contributed by atoms with Gasteiger partial charge in [0.1, 0.15) is 5.69 Å². The second kappa shape index (κ2) is 4.87. The Labute approximate surface area is 94.0 Å². The number of rotatable bonds is 4. The first-order valence-electron chi connectivity index (χ1n) is 5.25. The summed E-state index contributed by atoms with van der Waals surface area (Å²) in [5.41, 5.74) is 5.90. The summed E-state index contributed by atoms with van der Waals surface area (Å²) < 4.78 is 0. The van der Waals surface area contributed by atoms with E-state index < -0.39 is 0 Å². The van der Waals surface area contributed by atoms with Crippen molar-refractivity contribution >= 4 is 0 Å². The van der Waals surface area contributed by atoms with Crippen LogP contribution in [-0.4, -0.2) is 15.4 Å². The normalized spacial score (nSPS) is 12.6. The second-order valence-electron chi connectivity index (χ2n) is 3.59. The number of nitrogens with one attached hydrogen (secondary N) is 2. The van der Waals surface area contributed by atoms with Crippen molar-refractivity contribution in [1.29, 1.82) is 0 Å². The van der Waals surface area contributed by atoms with E-state index in [4.69, 9.17) is 5.84 Å². The molecule has 1 aromatic heterocycles. The Morgan fingerprint density at radius 1 is 1.38 bits per heavy atom. The molecule has 5 heteroatoms. The molecule has 0 aliphatic rings. The molecule has 1 heterocycles. The van der Waals surface area contributed by atoms with Crippen LogP contribution in [0.25, 0.3) is 0 Å². The predicted molar refractivity (Wildman–Crippen MR) is 61.4 cm³/mol. The highest BCUT2D eigenvalue weighted by atomic mass is 15.3. The van der Waals surface area contributed by atoms with Crippen LogP contribution < -0.4 is 11.3 Å². The monoisotopic (exact) mass is 217 g/mol. The van der Waals surface area contributed by atoms with Crippen molar-refractivity contribution in [2.24, 2.45) is 5.84 Å². The highest BCUT2D eigenvalue weighted by Crippen LogP contribution is 2.19. The quantitative estimate of drug-likeness (QED) is 0.525. The minimum atomic E-state index is -0.121. The smallest absolute Gasteiger partial charge is 0.105 e. The molecule has 0 spiro atoms. The van der Waals surface area contributed by atoms with E-state index in [2.05, 4.69) is 52.0 Å². The summed E-state index contributed by atoms with van der Waals surface area (Å²) in [6, 6.07) is 8.18. The van der Waals surface area contributed by atoms with E-state index in [-0.39, 0.29) is 6.04 Å². The van der Waals surface area contributed by atoms with E-state index >= 15 is 0 Å². The van der Waals surface area contributed by atoms with Crippen LogP contribution in [0.3, 0.4) is 0 Å². The molecule has 1 aromatic carbocycles. The van der Waals surface area contributed by atoms with Gasteiger partial charge >= 0.3 is 0 Å². The number of nitrogens with zero attached hydrogens (tertiary/aromatic N) is 2. The molecule has 0 fully saturated rings. The third-order valence-corrected chi connectivity index (χ3v) is 2.62. The minimum Gasteiger partial charge on any atom is -0.271 e. The second-order valence-corrected chi connectivity index (χ2v) is 3.59. The summed E-state index contributed by atoms with van der Waals surface area (Å²) in [7, 11) is 0. The number of hydrogen-bond acceptors (Lipinski definition) is 4. The summed E-state index contributed by atoms with van der Waals surface area (Å²) in [6.07, 6.45) is 2.70. The van der Waals surface area contributed by atoms with Crippen molar-refractivity contribution < 1.29 is 0 Å². The SMILES string of the molecule is CCc1ccc(C(NN)c2cn[nH]n2)cc1. The number of H-pyrrole nitrogens is 1. The molecule has 0 amide bonds. The van der Waals surface area contributed by atoms with Gasteiger partial charge < -0.3 is 0 Å². The van der Waals surface area contributed by atoms with E-state index in [1.807, 2.05) is 0 Å². The lowest BCUT2D eigenvalue weighted by Gasteiger charge is -2.13. The lowest BCUT2D eigenvalue weighted by Crippen LogP contribution is -2.29. The van der Waals surface area contributed by atoms with Crippen molar-refractivity contribution in [1.82, 2.24) is 20.8 Å². The third-order valence-electron chi connectivity index (χ3n) is 2.62. The fraction of sp³-hybridized carbons (Fsp3) is 0.273. The molecule has 0 saturated carbocycles. The van der Waals surface area contributed by atoms with Crippen LogP contribution in [0.5, 0.6) is 0 Å². The van der Waals surface area contributed by atoms with Gasteiger partial charge in [0.15, 0.2) is 0 Å². The third kappa shape index (κ3) is 2.10. The van der Waals surface area contributed by atoms with Crippen LogP contribution in [-0.2, 0) is 6.42 Å². The van der Waals surface area contributed by atoms with Crippen LogP contribution >= 0.6 is 0 Å². The molecule has 2 rings (SSSR count). The van der Waals surface area contributed by atoms with Crippen LogP contribution in [0.15, 0.2) is 30.5 Å². The van der Waals surface area contributed by atoms with Crippen LogP contribution in [0, 0.1) is 0 Å². The molecule has 16 heavy (non-hydrogen) atoms. The molecule has 4 N–H and O–H groups in total. The van der Waals surface area contributed by atoms with Gasteiger partial charge in [0.05, 0.1) is 12.2 Å². The lowest BCUT2D eigenvalue weighted by atomic mass is 10.0. The Bertz CT molecular complexity index is 420. The first kappa shape index (κ1) is 10.8. The first-order valence-corrected chi connectivity index (χ1v) is 5.25. The Morgan fingerprint density at radius 2 is 2.12 bits per heavy atom. The summed E-state index contributed by atoms with van der Waals surface area (Å²) >= 11 is 0. The molecule has 0 aliphatic carbocycles. The summed E-state index contributed by atoms with van der Waals surface area (Å²) in [5.74, 6) is 5.53. The van der Waals surface area contributed by atoms with Crippen molar-refractivity contribution in [3.8, 4) is 0 Å². The fourth-order valence-corrected chi connectivity index (χ4v) is 1.65. The zero-order chi connectivity index (χ0) is 11.4. The van der Waals surface area contributed by atoms with Gasteiger partial charge in [-0.3, -0.25) is 5.84 Å². The van der Waals surface area contributed by atoms with Gasteiger partial charge in [-0.05, 0) is 17.5 Å². The Hall–Kier alpha value is -1.72.